The number of epoxide rings is 1. The largest absolute Gasteiger partial charge is 0.494 e. The summed E-state index contributed by atoms with van der Waals surface area (Å²) in [6.07, 6.45) is 11.0. The second-order valence-electron chi connectivity index (χ2n) is 9.44. The summed E-state index contributed by atoms with van der Waals surface area (Å²) in [4.78, 5) is 20.4. The van der Waals surface area contributed by atoms with Gasteiger partial charge in [0, 0.05) is 29.4 Å². The first-order valence-corrected chi connectivity index (χ1v) is 13.1. The Labute approximate surface area is 213 Å². The molecule has 0 bridgehead atoms. The van der Waals surface area contributed by atoms with Gasteiger partial charge in [0.25, 0.3) is 0 Å². The second-order valence-corrected chi connectivity index (χ2v) is 9.44. The summed E-state index contributed by atoms with van der Waals surface area (Å²) in [6.45, 7) is 5.04. The number of benzene rings is 2. The highest BCUT2D eigenvalue weighted by molar-refractivity contribution is 5.76. The zero-order valence-corrected chi connectivity index (χ0v) is 21.2. The molecule has 2 heterocycles. The Hall–Kier alpha value is -3.25. The van der Waals surface area contributed by atoms with E-state index in [2.05, 4.69) is 16.9 Å². The maximum absolute atomic E-state index is 11.2. The number of carbonyl (C=O) groups is 1. The minimum atomic E-state index is -0.897. The minimum Gasteiger partial charge on any atom is -0.494 e. The number of ether oxygens (including phenoxy) is 2. The van der Waals surface area contributed by atoms with Crippen LogP contribution in [0.25, 0.3) is 22.5 Å². The van der Waals surface area contributed by atoms with Gasteiger partial charge in [0.05, 0.1) is 6.61 Å². The molecule has 4 rings (SSSR count). The fourth-order valence-corrected chi connectivity index (χ4v) is 4.64. The van der Waals surface area contributed by atoms with E-state index in [1.165, 1.54) is 32.1 Å². The van der Waals surface area contributed by atoms with Crippen molar-refractivity contribution in [2.45, 2.75) is 76.9 Å². The van der Waals surface area contributed by atoms with Gasteiger partial charge >= 0.3 is 5.97 Å². The third-order valence-electron chi connectivity index (χ3n) is 6.78. The number of carboxylic acids is 1. The molecule has 190 valence electrons. The molecule has 0 aliphatic carbocycles. The number of hydrogen-bond donors (Lipinski definition) is 1. The lowest BCUT2D eigenvalue weighted by atomic mass is 9.90. The van der Waals surface area contributed by atoms with Gasteiger partial charge in [-0.1, -0.05) is 76.3 Å². The van der Waals surface area contributed by atoms with Gasteiger partial charge < -0.3 is 14.6 Å². The predicted molar refractivity (Wildman–Crippen MR) is 141 cm³/mol. The summed E-state index contributed by atoms with van der Waals surface area (Å²) in [7, 11) is 0. The molecular weight excluding hydrogens is 452 g/mol. The smallest absolute Gasteiger partial charge is 0.335 e. The second kappa shape index (κ2) is 12.6. The number of carboxylic acid groups (broad SMARTS) is 1. The molecule has 36 heavy (non-hydrogen) atoms. The molecule has 3 atom stereocenters. The van der Waals surface area contributed by atoms with Crippen molar-refractivity contribution in [3.05, 3.63) is 66.5 Å². The van der Waals surface area contributed by atoms with Crippen molar-refractivity contribution < 1.29 is 19.4 Å². The lowest BCUT2D eigenvalue weighted by Crippen LogP contribution is -2.14. The summed E-state index contributed by atoms with van der Waals surface area (Å²) in [5.74, 6) is 0.663. The monoisotopic (exact) mass is 488 g/mol. The summed E-state index contributed by atoms with van der Waals surface area (Å²) >= 11 is 0. The van der Waals surface area contributed by atoms with Gasteiger partial charge in [0.2, 0.25) is 0 Å². The van der Waals surface area contributed by atoms with E-state index in [9.17, 15) is 9.90 Å². The van der Waals surface area contributed by atoms with Gasteiger partial charge in [-0.15, -0.1) is 0 Å². The summed E-state index contributed by atoms with van der Waals surface area (Å²) in [5, 5.41) is 9.21. The Kier molecular flexibility index (Phi) is 9.06. The molecular formula is C30H36N2O4. The molecule has 6 heteroatoms. The first kappa shape index (κ1) is 25.8. The third kappa shape index (κ3) is 6.70. The molecule has 0 radical (unpaired) electrons. The van der Waals surface area contributed by atoms with Gasteiger partial charge in [-0.2, -0.15) is 0 Å². The van der Waals surface area contributed by atoms with Crippen molar-refractivity contribution in [2.75, 3.05) is 6.61 Å². The van der Waals surface area contributed by atoms with E-state index in [4.69, 9.17) is 9.47 Å². The molecule has 6 nitrogen and oxygen atoms in total. The van der Waals surface area contributed by atoms with Crippen molar-refractivity contribution in [3.63, 3.8) is 0 Å². The Bertz CT molecular complexity index is 1110. The average Bonchev–Trinajstić information content (AvgIpc) is 3.70. The van der Waals surface area contributed by atoms with E-state index in [1.807, 2.05) is 67.8 Å². The molecule has 1 unspecified atom stereocenters. The zero-order valence-electron chi connectivity index (χ0n) is 21.2. The number of aliphatic carboxylic acids is 1. The number of nitrogens with zero attached hydrogens (tertiary/aromatic N) is 2. The number of rotatable bonds is 14. The highest BCUT2D eigenvalue weighted by Gasteiger charge is 2.49. The van der Waals surface area contributed by atoms with E-state index >= 15 is 0 Å². The van der Waals surface area contributed by atoms with Gasteiger partial charge in [0.1, 0.15) is 11.9 Å². The van der Waals surface area contributed by atoms with Gasteiger partial charge in [-0.3, -0.25) is 0 Å². The SMILES string of the molecule is CCCCCCCCOc1ccc(-c2cnc(-c3cccc(C(CC)[C@H]4O[C@H]4C(=O)O)c3)nc2)cc1. The topological polar surface area (TPSA) is 84.8 Å². The van der Waals surface area contributed by atoms with Crippen molar-refractivity contribution >= 4 is 5.97 Å². The van der Waals surface area contributed by atoms with Crippen LogP contribution in [0.3, 0.4) is 0 Å². The lowest BCUT2D eigenvalue weighted by molar-refractivity contribution is -0.138. The van der Waals surface area contributed by atoms with Crippen molar-refractivity contribution in [2.24, 2.45) is 0 Å². The molecule has 1 fully saturated rings. The van der Waals surface area contributed by atoms with Gasteiger partial charge in [-0.05, 0) is 42.2 Å². The maximum Gasteiger partial charge on any atom is 0.335 e. The van der Waals surface area contributed by atoms with Crippen LogP contribution in [0.15, 0.2) is 60.9 Å². The standard InChI is InChI=1S/C30H36N2O4/c1-3-5-6-7-8-9-17-35-25-15-13-21(14-16-25)24-19-31-29(32-20-24)23-12-10-11-22(18-23)26(4-2)27-28(36-27)30(33)34/h10-16,18-20,26-28H,3-9,17H2,1-2H3,(H,33,34)/t26?,27-,28-/m1/s1. The fourth-order valence-electron chi connectivity index (χ4n) is 4.64. The third-order valence-corrected chi connectivity index (χ3v) is 6.78. The van der Waals surface area contributed by atoms with Crippen molar-refractivity contribution in [1.29, 1.82) is 0 Å². The van der Waals surface area contributed by atoms with Crippen LogP contribution in [0.4, 0.5) is 0 Å². The molecule has 0 spiro atoms. The average molecular weight is 489 g/mol. The Morgan fingerprint density at radius 1 is 0.944 bits per heavy atom. The highest BCUT2D eigenvalue weighted by atomic mass is 16.6. The number of aromatic nitrogens is 2. The zero-order chi connectivity index (χ0) is 25.3. The first-order chi connectivity index (χ1) is 17.6. The number of hydrogen-bond acceptors (Lipinski definition) is 5. The van der Waals surface area contributed by atoms with Gasteiger partial charge in [0.15, 0.2) is 11.9 Å². The van der Waals surface area contributed by atoms with E-state index < -0.39 is 12.1 Å². The summed E-state index contributed by atoms with van der Waals surface area (Å²) in [5.41, 5.74) is 3.94. The molecule has 1 N–H and O–H groups in total. The number of unbranched alkanes of at least 4 members (excludes halogenated alkanes) is 5. The molecule has 1 aliphatic heterocycles. The van der Waals surface area contributed by atoms with E-state index in [-0.39, 0.29) is 12.0 Å². The first-order valence-electron chi connectivity index (χ1n) is 13.1. The van der Waals surface area contributed by atoms with Crippen LogP contribution in [-0.2, 0) is 9.53 Å². The van der Waals surface area contributed by atoms with Crippen LogP contribution in [0.1, 0.15) is 70.3 Å². The summed E-state index contributed by atoms with van der Waals surface area (Å²) < 4.78 is 11.3. The van der Waals surface area contributed by atoms with E-state index in [1.54, 1.807) is 0 Å². The van der Waals surface area contributed by atoms with Gasteiger partial charge in [-0.25, -0.2) is 14.8 Å². The molecule has 3 aromatic rings. The normalized spacial score (nSPS) is 17.5. The molecule has 2 aromatic carbocycles. The molecule has 1 aliphatic rings. The van der Waals surface area contributed by atoms with Crippen LogP contribution in [0, 0.1) is 0 Å². The van der Waals surface area contributed by atoms with Crippen LogP contribution < -0.4 is 4.74 Å². The maximum atomic E-state index is 11.2. The molecule has 1 aromatic heterocycles. The van der Waals surface area contributed by atoms with E-state index in [0.717, 1.165) is 47.5 Å². The van der Waals surface area contributed by atoms with Crippen LogP contribution in [0.5, 0.6) is 5.75 Å². The highest BCUT2D eigenvalue weighted by Crippen LogP contribution is 2.39. The fraction of sp³-hybridized carbons (Fsp3) is 0.433. The molecule has 1 saturated heterocycles. The molecule has 0 amide bonds. The minimum absolute atomic E-state index is 0.0344. The van der Waals surface area contributed by atoms with Crippen LogP contribution in [-0.4, -0.2) is 39.9 Å². The van der Waals surface area contributed by atoms with Crippen LogP contribution in [0.2, 0.25) is 0 Å². The quantitative estimate of drug-likeness (QED) is 0.196. The Balaban J connectivity index is 1.34. The summed E-state index contributed by atoms with van der Waals surface area (Å²) in [6, 6.07) is 16.1. The molecule has 0 saturated carbocycles. The van der Waals surface area contributed by atoms with Crippen molar-refractivity contribution in [1.82, 2.24) is 9.97 Å². The Morgan fingerprint density at radius 2 is 1.67 bits per heavy atom. The Morgan fingerprint density at radius 3 is 2.33 bits per heavy atom. The van der Waals surface area contributed by atoms with Crippen LogP contribution >= 0.6 is 0 Å². The lowest BCUT2D eigenvalue weighted by Gasteiger charge is -2.14. The van der Waals surface area contributed by atoms with E-state index in [0.29, 0.717) is 5.82 Å². The van der Waals surface area contributed by atoms with Crippen molar-refractivity contribution in [3.8, 4) is 28.3 Å². The predicted octanol–water partition coefficient (Wildman–Crippen LogP) is 6.90.